The summed E-state index contributed by atoms with van der Waals surface area (Å²) in [4.78, 5) is 19.6. The first kappa shape index (κ1) is 16.2. The van der Waals surface area contributed by atoms with Gasteiger partial charge in [0.2, 0.25) is 0 Å². The van der Waals surface area contributed by atoms with E-state index in [1.54, 1.807) is 0 Å². The molecule has 3 rings (SSSR count). The van der Waals surface area contributed by atoms with E-state index in [0.29, 0.717) is 12.1 Å². The van der Waals surface area contributed by atoms with Crippen LogP contribution in [0.5, 0.6) is 0 Å². The van der Waals surface area contributed by atoms with Gasteiger partial charge >= 0.3 is 0 Å². The number of piperidine rings is 1. The normalized spacial score (nSPS) is 34.2. The van der Waals surface area contributed by atoms with Crippen LogP contribution in [0.4, 0.5) is 0 Å². The lowest BCUT2D eigenvalue weighted by atomic mass is 10.1. The first-order valence-corrected chi connectivity index (χ1v) is 8.98. The molecule has 3 saturated heterocycles. The number of amides is 1. The second kappa shape index (κ2) is 6.85. The smallest absolute Gasteiger partial charge is 0.254 e. The monoisotopic (exact) mass is 309 g/mol. The van der Waals surface area contributed by atoms with Crippen LogP contribution in [0.1, 0.15) is 40.0 Å². The summed E-state index contributed by atoms with van der Waals surface area (Å²) in [6, 6.07) is 0.994. The molecular weight excluding hydrogens is 278 g/mol. The number of likely N-dealkylation sites (tertiary alicyclic amines) is 1. The Bertz CT molecular complexity index is 395. The molecule has 3 fully saturated rings. The highest BCUT2D eigenvalue weighted by Gasteiger charge is 2.48. The number of hydrogen-bond acceptors (Lipinski definition) is 4. The molecular formula is C17H31N3O2. The summed E-state index contributed by atoms with van der Waals surface area (Å²) in [7, 11) is 0. The van der Waals surface area contributed by atoms with Gasteiger partial charge in [0.05, 0.1) is 0 Å². The molecule has 5 heteroatoms. The fourth-order valence-electron chi connectivity index (χ4n) is 4.01. The molecule has 22 heavy (non-hydrogen) atoms. The molecule has 126 valence electrons. The molecule has 0 N–H and O–H groups in total. The van der Waals surface area contributed by atoms with Gasteiger partial charge in [0.25, 0.3) is 5.91 Å². The molecule has 0 saturated carbocycles. The molecule has 0 aromatic rings. The van der Waals surface area contributed by atoms with Crippen molar-refractivity contribution in [1.82, 2.24) is 14.7 Å². The predicted molar refractivity (Wildman–Crippen MR) is 86.8 cm³/mol. The van der Waals surface area contributed by atoms with Crippen LogP contribution in [0.15, 0.2) is 0 Å². The Hall–Kier alpha value is -0.650. The number of piperazine rings is 1. The van der Waals surface area contributed by atoms with Gasteiger partial charge in [-0.25, -0.2) is 0 Å². The first-order valence-electron chi connectivity index (χ1n) is 8.98. The Labute approximate surface area is 134 Å². The van der Waals surface area contributed by atoms with E-state index in [1.807, 2.05) is 4.90 Å². The van der Waals surface area contributed by atoms with Crippen molar-refractivity contribution in [2.45, 2.75) is 64.3 Å². The topological polar surface area (TPSA) is 39.3 Å². The lowest BCUT2D eigenvalue weighted by Crippen LogP contribution is -2.56. The number of nitrogens with zero attached hydrogens (tertiary/aromatic N) is 3. The zero-order valence-corrected chi connectivity index (χ0v) is 14.3. The molecule has 0 radical (unpaired) electrons. The predicted octanol–water partition coefficient (Wildman–Crippen LogP) is 1.18. The lowest BCUT2D eigenvalue weighted by Gasteiger charge is -2.42. The summed E-state index contributed by atoms with van der Waals surface area (Å²) in [6.45, 7) is 12.6. The van der Waals surface area contributed by atoms with Gasteiger partial charge in [0.1, 0.15) is 6.10 Å². The minimum absolute atomic E-state index is 0.143. The molecule has 3 aliphatic rings. The van der Waals surface area contributed by atoms with Gasteiger partial charge in [-0.2, -0.15) is 0 Å². The molecule has 0 aromatic heterocycles. The number of hydrogen-bond donors (Lipinski definition) is 0. The minimum atomic E-state index is -0.167. The molecule has 5 nitrogen and oxygen atoms in total. The summed E-state index contributed by atoms with van der Waals surface area (Å²) >= 11 is 0. The van der Waals surface area contributed by atoms with Crippen molar-refractivity contribution in [3.05, 3.63) is 0 Å². The molecule has 0 aliphatic carbocycles. The van der Waals surface area contributed by atoms with Gasteiger partial charge in [-0.1, -0.05) is 6.42 Å². The second-order valence-corrected chi connectivity index (χ2v) is 7.42. The van der Waals surface area contributed by atoms with Crippen LogP contribution < -0.4 is 0 Å². The minimum Gasteiger partial charge on any atom is -0.358 e. The van der Waals surface area contributed by atoms with Crippen molar-refractivity contribution in [3.8, 4) is 0 Å². The van der Waals surface area contributed by atoms with Crippen LogP contribution in [0.25, 0.3) is 0 Å². The largest absolute Gasteiger partial charge is 0.358 e. The highest BCUT2D eigenvalue weighted by Crippen LogP contribution is 2.27. The van der Waals surface area contributed by atoms with E-state index < -0.39 is 0 Å². The highest BCUT2D eigenvalue weighted by atomic mass is 16.6. The Kier molecular flexibility index (Phi) is 5.05. The Balaban J connectivity index is 1.45. The van der Waals surface area contributed by atoms with E-state index in [0.717, 1.165) is 26.2 Å². The van der Waals surface area contributed by atoms with Crippen molar-refractivity contribution in [2.75, 3.05) is 39.3 Å². The first-order chi connectivity index (χ1) is 10.6. The van der Waals surface area contributed by atoms with Crippen LogP contribution in [-0.4, -0.2) is 84.2 Å². The zero-order chi connectivity index (χ0) is 15.7. The van der Waals surface area contributed by atoms with E-state index >= 15 is 0 Å². The Morgan fingerprint density at radius 2 is 1.86 bits per heavy atom. The molecule has 3 heterocycles. The van der Waals surface area contributed by atoms with Crippen LogP contribution in [0, 0.1) is 0 Å². The van der Waals surface area contributed by atoms with Crippen LogP contribution >= 0.6 is 0 Å². The summed E-state index contributed by atoms with van der Waals surface area (Å²) < 4.78 is 5.70. The van der Waals surface area contributed by atoms with E-state index in [2.05, 4.69) is 30.6 Å². The number of ether oxygens (including phenoxy) is 1. The number of carbonyl (C=O) groups is 1. The molecule has 0 aromatic carbocycles. The Morgan fingerprint density at radius 1 is 1.14 bits per heavy atom. The summed E-state index contributed by atoms with van der Waals surface area (Å²) in [6.07, 6.45) is 3.91. The highest BCUT2D eigenvalue weighted by molar-refractivity contribution is 5.84. The van der Waals surface area contributed by atoms with Gasteiger partial charge in [0, 0.05) is 38.3 Å². The molecule has 0 bridgehead atoms. The third kappa shape index (κ3) is 3.63. The lowest BCUT2D eigenvalue weighted by molar-refractivity contribution is -0.135. The standard InChI is InChI=1S/C17H31N3O2/c1-13(2)20-10-9-19(11-14(20)3)17(21)16-15(22-16)12-18-7-5-4-6-8-18/h13-16H,4-12H2,1-3H3. The van der Waals surface area contributed by atoms with E-state index in [9.17, 15) is 4.79 Å². The third-order valence-electron chi connectivity index (χ3n) is 5.37. The van der Waals surface area contributed by atoms with Gasteiger partial charge in [-0.3, -0.25) is 9.69 Å². The van der Waals surface area contributed by atoms with E-state index in [4.69, 9.17) is 4.74 Å². The van der Waals surface area contributed by atoms with Crippen molar-refractivity contribution < 1.29 is 9.53 Å². The average molecular weight is 309 g/mol. The fraction of sp³-hybridized carbons (Fsp3) is 0.941. The molecule has 3 aliphatic heterocycles. The van der Waals surface area contributed by atoms with Gasteiger partial charge in [-0.15, -0.1) is 0 Å². The quantitative estimate of drug-likeness (QED) is 0.731. The van der Waals surface area contributed by atoms with Crippen LogP contribution in [0.3, 0.4) is 0 Å². The molecule has 1 amide bonds. The van der Waals surface area contributed by atoms with Crippen molar-refractivity contribution in [3.63, 3.8) is 0 Å². The zero-order valence-electron chi connectivity index (χ0n) is 14.3. The van der Waals surface area contributed by atoms with Gasteiger partial charge in [0.15, 0.2) is 6.10 Å². The Morgan fingerprint density at radius 3 is 2.50 bits per heavy atom. The summed E-state index contributed by atoms with van der Waals surface area (Å²) in [5, 5.41) is 0. The SMILES string of the molecule is CC(C)N1CCN(C(=O)C2OC2CN2CCCCC2)CC1C. The van der Waals surface area contributed by atoms with Crippen molar-refractivity contribution >= 4 is 5.91 Å². The summed E-state index contributed by atoms with van der Waals surface area (Å²) in [5.74, 6) is 0.220. The molecule has 3 atom stereocenters. The van der Waals surface area contributed by atoms with E-state index in [1.165, 1.54) is 32.4 Å². The molecule has 0 spiro atoms. The number of carbonyl (C=O) groups excluding carboxylic acids is 1. The van der Waals surface area contributed by atoms with Crippen molar-refractivity contribution in [2.24, 2.45) is 0 Å². The van der Waals surface area contributed by atoms with Crippen LogP contribution in [0.2, 0.25) is 0 Å². The number of epoxide rings is 1. The number of rotatable bonds is 4. The van der Waals surface area contributed by atoms with E-state index in [-0.39, 0.29) is 18.1 Å². The van der Waals surface area contributed by atoms with Crippen LogP contribution in [-0.2, 0) is 9.53 Å². The summed E-state index contributed by atoms with van der Waals surface area (Å²) in [5.41, 5.74) is 0. The average Bonchev–Trinajstić information content (AvgIpc) is 3.26. The maximum absolute atomic E-state index is 12.6. The second-order valence-electron chi connectivity index (χ2n) is 7.42. The maximum Gasteiger partial charge on any atom is 0.254 e. The van der Waals surface area contributed by atoms with Gasteiger partial charge in [-0.05, 0) is 46.7 Å². The van der Waals surface area contributed by atoms with Gasteiger partial charge < -0.3 is 14.5 Å². The molecule has 3 unspecified atom stereocenters. The van der Waals surface area contributed by atoms with Crippen molar-refractivity contribution in [1.29, 1.82) is 0 Å². The maximum atomic E-state index is 12.6. The fourth-order valence-corrected chi connectivity index (χ4v) is 4.01. The third-order valence-corrected chi connectivity index (χ3v) is 5.37.